The number of aromatic nitrogens is 2. The van der Waals surface area contributed by atoms with Crippen molar-refractivity contribution in [1.29, 1.82) is 0 Å². The lowest BCUT2D eigenvalue weighted by atomic mass is 9.97. The Morgan fingerprint density at radius 2 is 2.03 bits per heavy atom. The van der Waals surface area contributed by atoms with Crippen LogP contribution < -0.4 is 15.4 Å². The highest BCUT2D eigenvalue weighted by atomic mass is 35.5. The SMILES string of the molecule is COc1ccc([C@@H]2C[C@H](C(F)(F)F)n3nc(C(=O)NCC(C)C)c(Cl)c3N2)cc1. The van der Waals surface area contributed by atoms with Crippen molar-refractivity contribution in [3.63, 3.8) is 0 Å². The number of ether oxygens (including phenoxy) is 1. The molecule has 6 nitrogen and oxygen atoms in total. The van der Waals surface area contributed by atoms with E-state index < -0.39 is 24.2 Å². The zero-order chi connectivity index (χ0) is 21.3. The van der Waals surface area contributed by atoms with Crippen molar-refractivity contribution >= 4 is 23.3 Å². The minimum atomic E-state index is -4.55. The number of nitrogens with zero attached hydrogens (tertiary/aromatic N) is 2. The number of hydrogen-bond donors (Lipinski definition) is 2. The highest BCUT2D eigenvalue weighted by molar-refractivity contribution is 6.36. The maximum absolute atomic E-state index is 13.8. The molecule has 0 unspecified atom stereocenters. The van der Waals surface area contributed by atoms with Crippen LogP contribution in [0.1, 0.15) is 48.4 Å². The largest absolute Gasteiger partial charge is 0.497 e. The molecule has 0 aliphatic carbocycles. The molecule has 0 saturated heterocycles. The van der Waals surface area contributed by atoms with Gasteiger partial charge < -0.3 is 15.4 Å². The van der Waals surface area contributed by atoms with E-state index in [0.29, 0.717) is 17.9 Å². The van der Waals surface area contributed by atoms with E-state index in [2.05, 4.69) is 15.7 Å². The average Bonchev–Trinajstić information content (AvgIpc) is 3.01. The van der Waals surface area contributed by atoms with E-state index in [0.717, 1.165) is 4.68 Å². The number of hydrogen-bond acceptors (Lipinski definition) is 4. The number of anilines is 1. The fourth-order valence-corrected chi connectivity index (χ4v) is 3.43. The highest BCUT2D eigenvalue weighted by Gasteiger charge is 2.47. The van der Waals surface area contributed by atoms with E-state index in [1.54, 1.807) is 24.3 Å². The molecular weight excluding hydrogens is 409 g/mol. The molecule has 0 radical (unpaired) electrons. The minimum Gasteiger partial charge on any atom is -0.497 e. The standard InChI is InChI=1S/C19H22ClF3N4O2/c1-10(2)9-24-18(28)16-15(20)17-25-13(11-4-6-12(29-3)7-5-11)8-14(19(21,22)23)27(17)26-16/h4-7,10,13-14,25H,8-9H2,1-3H3,(H,24,28)/t13-,14+/m0/s1. The molecule has 3 rings (SSSR count). The summed E-state index contributed by atoms with van der Waals surface area (Å²) in [4.78, 5) is 12.4. The maximum Gasteiger partial charge on any atom is 0.410 e. The molecule has 158 valence electrons. The Hall–Kier alpha value is -2.42. The first-order valence-corrected chi connectivity index (χ1v) is 9.53. The summed E-state index contributed by atoms with van der Waals surface area (Å²) in [6, 6.07) is 4.19. The minimum absolute atomic E-state index is 0.0178. The van der Waals surface area contributed by atoms with Gasteiger partial charge in [-0.05, 0) is 23.6 Å². The van der Waals surface area contributed by atoms with Crippen LogP contribution in [0.25, 0.3) is 0 Å². The Morgan fingerprint density at radius 1 is 1.38 bits per heavy atom. The normalized spacial score (nSPS) is 18.9. The number of carbonyl (C=O) groups is 1. The van der Waals surface area contributed by atoms with Crippen molar-refractivity contribution in [2.75, 3.05) is 19.0 Å². The molecule has 2 aromatic rings. The lowest BCUT2D eigenvalue weighted by Gasteiger charge is -2.33. The Kier molecular flexibility index (Phi) is 5.97. The number of benzene rings is 1. The molecule has 1 aliphatic heterocycles. The Balaban J connectivity index is 1.96. The zero-order valence-electron chi connectivity index (χ0n) is 16.2. The van der Waals surface area contributed by atoms with Crippen LogP contribution in [0, 0.1) is 5.92 Å². The number of fused-ring (bicyclic) bond motifs is 1. The summed E-state index contributed by atoms with van der Waals surface area (Å²) in [5.41, 5.74) is 0.425. The molecule has 10 heteroatoms. The first kappa shape index (κ1) is 21.3. The van der Waals surface area contributed by atoms with Gasteiger partial charge in [-0.25, -0.2) is 4.68 Å². The molecule has 29 heavy (non-hydrogen) atoms. The quantitative estimate of drug-likeness (QED) is 0.728. The average molecular weight is 431 g/mol. The summed E-state index contributed by atoms with van der Waals surface area (Å²) in [7, 11) is 1.51. The number of nitrogens with one attached hydrogen (secondary N) is 2. The maximum atomic E-state index is 13.8. The molecule has 0 fully saturated rings. The second-order valence-electron chi connectivity index (χ2n) is 7.32. The van der Waals surface area contributed by atoms with Gasteiger partial charge in [0.15, 0.2) is 11.7 Å². The van der Waals surface area contributed by atoms with E-state index in [4.69, 9.17) is 16.3 Å². The summed E-state index contributed by atoms with van der Waals surface area (Å²) < 4.78 is 47.2. The number of carbonyl (C=O) groups excluding carboxylic acids is 1. The van der Waals surface area contributed by atoms with E-state index in [1.165, 1.54) is 7.11 Å². The number of halogens is 4. The Morgan fingerprint density at radius 3 is 2.59 bits per heavy atom. The summed E-state index contributed by atoms with van der Waals surface area (Å²) >= 11 is 6.27. The molecule has 1 aromatic heterocycles. The number of rotatable bonds is 5. The van der Waals surface area contributed by atoms with E-state index in [-0.39, 0.29) is 28.9 Å². The lowest BCUT2D eigenvalue weighted by Crippen LogP contribution is -2.36. The van der Waals surface area contributed by atoms with Gasteiger partial charge in [0.2, 0.25) is 0 Å². The van der Waals surface area contributed by atoms with Crippen LogP contribution >= 0.6 is 11.6 Å². The summed E-state index contributed by atoms with van der Waals surface area (Å²) in [5, 5.41) is 9.42. The molecule has 2 heterocycles. The van der Waals surface area contributed by atoms with Gasteiger partial charge in [0, 0.05) is 13.0 Å². The van der Waals surface area contributed by atoms with Crippen molar-refractivity contribution in [1.82, 2.24) is 15.1 Å². The van der Waals surface area contributed by atoms with Crippen LogP contribution in [0.5, 0.6) is 5.75 Å². The van der Waals surface area contributed by atoms with E-state index in [9.17, 15) is 18.0 Å². The van der Waals surface area contributed by atoms with Crippen LogP contribution in [0.4, 0.5) is 19.0 Å². The van der Waals surface area contributed by atoms with E-state index >= 15 is 0 Å². The fourth-order valence-electron chi connectivity index (χ4n) is 3.17. The third kappa shape index (κ3) is 4.44. The van der Waals surface area contributed by atoms with Crippen LogP contribution in [0.3, 0.4) is 0 Å². The smallest absolute Gasteiger partial charge is 0.410 e. The van der Waals surface area contributed by atoms with Crippen LogP contribution in [-0.2, 0) is 0 Å². The molecule has 0 bridgehead atoms. The van der Waals surface area contributed by atoms with Crippen LogP contribution in [0.2, 0.25) is 5.02 Å². The molecule has 2 atom stereocenters. The lowest BCUT2D eigenvalue weighted by molar-refractivity contribution is -0.173. The molecule has 1 aliphatic rings. The Bertz CT molecular complexity index is 881. The van der Waals surface area contributed by atoms with Gasteiger partial charge in [-0.1, -0.05) is 37.6 Å². The van der Waals surface area contributed by atoms with Crippen molar-refractivity contribution in [2.24, 2.45) is 5.92 Å². The first-order chi connectivity index (χ1) is 13.6. The highest BCUT2D eigenvalue weighted by Crippen LogP contribution is 2.46. The van der Waals surface area contributed by atoms with Crippen LogP contribution in [0.15, 0.2) is 24.3 Å². The van der Waals surface area contributed by atoms with Gasteiger partial charge >= 0.3 is 6.18 Å². The monoisotopic (exact) mass is 430 g/mol. The van der Waals surface area contributed by atoms with Gasteiger partial charge in [0.05, 0.1) is 13.2 Å². The van der Waals surface area contributed by atoms with Gasteiger partial charge in [0.1, 0.15) is 16.6 Å². The van der Waals surface area contributed by atoms with Crippen molar-refractivity contribution < 1.29 is 22.7 Å². The third-order valence-electron chi connectivity index (χ3n) is 4.70. The van der Waals surface area contributed by atoms with Gasteiger partial charge in [-0.3, -0.25) is 4.79 Å². The number of methoxy groups -OCH3 is 1. The number of alkyl halides is 3. The molecule has 1 amide bonds. The third-order valence-corrected chi connectivity index (χ3v) is 5.06. The molecule has 1 aromatic carbocycles. The van der Waals surface area contributed by atoms with E-state index in [1.807, 2.05) is 13.8 Å². The second kappa shape index (κ2) is 8.14. The molecule has 0 spiro atoms. The van der Waals surface area contributed by atoms with Gasteiger partial charge in [-0.2, -0.15) is 18.3 Å². The first-order valence-electron chi connectivity index (χ1n) is 9.15. The summed E-state index contributed by atoms with van der Waals surface area (Å²) in [6.07, 6.45) is -4.84. The van der Waals surface area contributed by atoms with Crippen molar-refractivity contribution in [2.45, 2.75) is 38.5 Å². The Labute approximate surface area is 171 Å². The predicted octanol–water partition coefficient (Wildman–Crippen LogP) is 4.59. The summed E-state index contributed by atoms with van der Waals surface area (Å²) in [5.74, 6) is 0.157. The fraction of sp³-hybridized carbons (Fsp3) is 0.474. The molecular formula is C19H22ClF3N4O2. The van der Waals surface area contributed by atoms with Crippen molar-refractivity contribution in [3.8, 4) is 5.75 Å². The predicted molar refractivity (Wildman–Crippen MR) is 103 cm³/mol. The molecule has 0 saturated carbocycles. The molecule has 2 N–H and O–H groups in total. The zero-order valence-corrected chi connectivity index (χ0v) is 16.9. The second-order valence-corrected chi connectivity index (χ2v) is 7.70. The van der Waals surface area contributed by atoms with Crippen LogP contribution in [-0.4, -0.2) is 35.5 Å². The topological polar surface area (TPSA) is 68.2 Å². The number of amides is 1. The van der Waals surface area contributed by atoms with Gasteiger partial charge in [0.25, 0.3) is 5.91 Å². The summed E-state index contributed by atoms with van der Waals surface area (Å²) in [6.45, 7) is 4.17. The van der Waals surface area contributed by atoms with Crippen molar-refractivity contribution in [3.05, 3.63) is 40.5 Å². The van der Waals surface area contributed by atoms with Gasteiger partial charge in [-0.15, -0.1) is 0 Å².